The Bertz CT molecular complexity index is 1290. The predicted octanol–water partition coefficient (Wildman–Crippen LogP) is 5.14. The summed E-state index contributed by atoms with van der Waals surface area (Å²) in [5, 5.41) is 14.4. The Kier molecular flexibility index (Phi) is 3.87. The van der Waals surface area contributed by atoms with E-state index >= 15 is 0 Å². The molecule has 5 rings (SSSR count). The molecule has 1 aliphatic heterocycles. The summed E-state index contributed by atoms with van der Waals surface area (Å²) in [5.74, 6) is 0.237. The van der Waals surface area contributed by atoms with Crippen molar-refractivity contribution < 1.29 is 9.31 Å². The average Bonchev–Trinajstić information content (AvgIpc) is 3.12. The number of non-ortho nitro benzene ring substituents is 1. The summed E-state index contributed by atoms with van der Waals surface area (Å²) < 4.78 is 16.6. The lowest BCUT2D eigenvalue weighted by atomic mass is 10.0. The second-order valence-corrected chi connectivity index (χ2v) is 6.77. The zero-order valence-corrected chi connectivity index (χ0v) is 15.1. The maximum absolute atomic E-state index is 14.7. The third-order valence-corrected chi connectivity index (χ3v) is 5.04. The lowest BCUT2D eigenvalue weighted by Crippen LogP contribution is -2.20. The predicted molar refractivity (Wildman–Crippen MR) is 109 cm³/mol. The third kappa shape index (κ3) is 2.84. The highest BCUT2D eigenvalue weighted by Gasteiger charge is 2.27. The number of hydrogen-bond donors (Lipinski definition) is 1. The molecule has 0 fully saturated rings. The van der Waals surface area contributed by atoms with E-state index < -0.39 is 11.0 Å². The minimum absolute atomic E-state index is 0.00767. The molecular formula is C22H15FN4O2. The fraction of sp³-hybridized carbons (Fsp3) is 0.0455. The van der Waals surface area contributed by atoms with Crippen molar-refractivity contribution in [2.24, 2.45) is 0 Å². The maximum Gasteiger partial charge on any atom is 0.270 e. The first-order valence-electron chi connectivity index (χ1n) is 9.07. The fourth-order valence-electron chi connectivity index (χ4n) is 3.71. The van der Waals surface area contributed by atoms with Crippen molar-refractivity contribution in [2.75, 3.05) is 5.32 Å². The van der Waals surface area contributed by atoms with Crippen LogP contribution in [-0.4, -0.2) is 14.5 Å². The van der Waals surface area contributed by atoms with Crippen LogP contribution < -0.4 is 5.32 Å². The Morgan fingerprint density at radius 3 is 2.66 bits per heavy atom. The Morgan fingerprint density at radius 2 is 1.83 bits per heavy atom. The SMILES string of the molecule is O=[N+]([O-])c1cccc(C2=C[C@@H](c3ccccc3F)n3c(nc4ccccc43)N2)c1. The third-order valence-electron chi connectivity index (χ3n) is 5.04. The molecule has 6 nitrogen and oxygen atoms in total. The lowest BCUT2D eigenvalue weighted by molar-refractivity contribution is -0.384. The molecule has 0 radical (unpaired) electrons. The van der Waals surface area contributed by atoms with Gasteiger partial charge in [-0.1, -0.05) is 42.5 Å². The molecule has 0 unspecified atom stereocenters. The monoisotopic (exact) mass is 386 g/mol. The van der Waals surface area contributed by atoms with Crippen LogP contribution in [0.15, 0.2) is 78.9 Å². The van der Waals surface area contributed by atoms with E-state index in [9.17, 15) is 14.5 Å². The Hall–Kier alpha value is -4.00. The van der Waals surface area contributed by atoms with Gasteiger partial charge in [0.25, 0.3) is 5.69 Å². The lowest BCUT2D eigenvalue weighted by Gasteiger charge is -2.26. The van der Waals surface area contributed by atoms with Crippen LogP contribution in [-0.2, 0) is 0 Å². The van der Waals surface area contributed by atoms with Gasteiger partial charge >= 0.3 is 0 Å². The topological polar surface area (TPSA) is 73.0 Å². The fourth-order valence-corrected chi connectivity index (χ4v) is 3.71. The van der Waals surface area contributed by atoms with E-state index in [0.717, 1.165) is 11.0 Å². The minimum atomic E-state index is -0.450. The number of benzene rings is 3. The van der Waals surface area contributed by atoms with E-state index in [-0.39, 0.29) is 11.5 Å². The number of imidazole rings is 1. The molecule has 1 atom stereocenters. The van der Waals surface area contributed by atoms with Crippen LogP contribution in [0.4, 0.5) is 16.0 Å². The summed E-state index contributed by atoms with van der Waals surface area (Å²) in [6.45, 7) is 0. The number of halogens is 1. The molecule has 142 valence electrons. The average molecular weight is 386 g/mol. The molecular weight excluding hydrogens is 371 g/mol. The molecule has 1 N–H and O–H groups in total. The number of nitro groups is 1. The summed E-state index contributed by atoms with van der Waals surface area (Å²) in [6, 6.07) is 20.2. The van der Waals surface area contributed by atoms with Gasteiger partial charge in [0.1, 0.15) is 5.82 Å². The molecule has 0 bridgehead atoms. The number of para-hydroxylation sites is 2. The first kappa shape index (κ1) is 17.1. The van der Waals surface area contributed by atoms with Crippen LogP contribution in [0.3, 0.4) is 0 Å². The van der Waals surface area contributed by atoms with Gasteiger partial charge in [0.15, 0.2) is 0 Å². The molecule has 0 aliphatic carbocycles. The molecule has 1 aliphatic rings. The molecule has 4 aromatic rings. The first-order valence-corrected chi connectivity index (χ1v) is 9.07. The summed E-state index contributed by atoms with van der Waals surface area (Å²) in [7, 11) is 0. The molecule has 0 saturated heterocycles. The zero-order valence-electron chi connectivity index (χ0n) is 15.1. The Morgan fingerprint density at radius 1 is 1.03 bits per heavy atom. The van der Waals surface area contributed by atoms with Crippen molar-refractivity contribution >= 4 is 28.4 Å². The van der Waals surface area contributed by atoms with Gasteiger partial charge in [0, 0.05) is 29.0 Å². The van der Waals surface area contributed by atoms with E-state index in [4.69, 9.17) is 0 Å². The Labute approximate surface area is 165 Å². The smallest absolute Gasteiger partial charge is 0.270 e. The second-order valence-electron chi connectivity index (χ2n) is 6.77. The van der Waals surface area contributed by atoms with E-state index in [1.54, 1.807) is 30.3 Å². The van der Waals surface area contributed by atoms with E-state index in [2.05, 4.69) is 10.3 Å². The number of anilines is 1. The van der Waals surface area contributed by atoms with Gasteiger partial charge in [0.05, 0.1) is 22.0 Å². The van der Waals surface area contributed by atoms with Crippen LogP contribution in [0.1, 0.15) is 17.2 Å². The second kappa shape index (κ2) is 6.56. The standard InChI is InChI=1S/C22H15FN4O2/c23-17-9-2-1-8-16(17)21-13-19(14-6-5-7-15(12-14)27(28)29)25-22-24-18-10-3-4-11-20(18)26(21)22/h1-13,21H,(H,24,25)/t21-/m0/s1. The van der Waals surface area contributed by atoms with E-state index in [1.165, 1.54) is 18.2 Å². The number of nitrogens with one attached hydrogen (secondary N) is 1. The molecule has 0 amide bonds. The van der Waals surface area contributed by atoms with Crippen molar-refractivity contribution in [1.29, 1.82) is 0 Å². The number of fused-ring (bicyclic) bond motifs is 3. The van der Waals surface area contributed by atoms with Crippen molar-refractivity contribution in [3.8, 4) is 0 Å². The highest BCUT2D eigenvalue weighted by molar-refractivity contribution is 5.85. The van der Waals surface area contributed by atoms with E-state index in [1.807, 2.05) is 34.9 Å². The quantitative estimate of drug-likeness (QED) is 0.391. The number of nitro benzene ring substituents is 1. The summed E-state index contributed by atoms with van der Waals surface area (Å²) in [5.41, 5.74) is 3.43. The van der Waals surface area contributed by atoms with Crippen molar-refractivity contribution in [3.05, 3.63) is 106 Å². The maximum atomic E-state index is 14.7. The Balaban J connectivity index is 1.73. The summed E-state index contributed by atoms with van der Waals surface area (Å²) >= 11 is 0. The summed E-state index contributed by atoms with van der Waals surface area (Å²) in [4.78, 5) is 15.4. The normalized spacial score (nSPS) is 15.5. The van der Waals surface area contributed by atoms with Gasteiger partial charge in [-0.05, 0) is 24.3 Å². The van der Waals surface area contributed by atoms with Crippen LogP contribution in [0.25, 0.3) is 16.7 Å². The van der Waals surface area contributed by atoms with Gasteiger partial charge in [-0.2, -0.15) is 0 Å². The van der Waals surface area contributed by atoms with E-state index in [0.29, 0.717) is 22.8 Å². The number of aromatic nitrogens is 2. The molecule has 7 heteroatoms. The summed E-state index contributed by atoms with van der Waals surface area (Å²) in [6.07, 6.45) is 1.87. The number of rotatable bonds is 3. The highest BCUT2D eigenvalue weighted by atomic mass is 19.1. The number of nitrogens with zero attached hydrogens (tertiary/aromatic N) is 3. The molecule has 2 heterocycles. The molecule has 0 spiro atoms. The molecule has 29 heavy (non-hydrogen) atoms. The van der Waals surface area contributed by atoms with Crippen LogP contribution in [0, 0.1) is 15.9 Å². The van der Waals surface area contributed by atoms with Crippen LogP contribution in [0.5, 0.6) is 0 Å². The van der Waals surface area contributed by atoms with Crippen LogP contribution in [0.2, 0.25) is 0 Å². The van der Waals surface area contributed by atoms with Crippen LogP contribution >= 0.6 is 0 Å². The molecule has 1 aromatic heterocycles. The van der Waals surface area contributed by atoms with Crippen molar-refractivity contribution in [1.82, 2.24) is 9.55 Å². The van der Waals surface area contributed by atoms with Gasteiger partial charge in [0.2, 0.25) is 5.95 Å². The zero-order chi connectivity index (χ0) is 20.0. The van der Waals surface area contributed by atoms with Crippen molar-refractivity contribution in [3.63, 3.8) is 0 Å². The van der Waals surface area contributed by atoms with Gasteiger partial charge < -0.3 is 5.32 Å². The molecule has 3 aromatic carbocycles. The largest absolute Gasteiger partial charge is 0.325 e. The van der Waals surface area contributed by atoms with Crippen molar-refractivity contribution in [2.45, 2.75) is 6.04 Å². The number of allylic oxidation sites excluding steroid dienone is 1. The number of hydrogen-bond acceptors (Lipinski definition) is 4. The van der Waals surface area contributed by atoms with Gasteiger partial charge in [-0.3, -0.25) is 14.7 Å². The highest BCUT2D eigenvalue weighted by Crippen LogP contribution is 2.38. The first-order chi connectivity index (χ1) is 14.1. The van der Waals surface area contributed by atoms with Gasteiger partial charge in [-0.25, -0.2) is 9.37 Å². The van der Waals surface area contributed by atoms with Gasteiger partial charge in [-0.15, -0.1) is 0 Å². The molecule has 0 saturated carbocycles. The minimum Gasteiger partial charge on any atom is -0.325 e.